The van der Waals surface area contributed by atoms with Crippen LogP contribution in [0.2, 0.25) is 0 Å². The molecule has 1 aromatic heterocycles. The zero-order chi connectivity index (χ0) is 15.4. The Hall–Kier alpha value is -3.14. The number of anilines is 1. The van der Waals surface area contributed by atoms with Crippen molar-refractivity contribution in [1.29, 1.82) is 0 Å². The van der Waals surface area contributed by atoms with E-state index in [1.807, 2.05) is 48.5 Å². The number of amides is 1. The molecule has 22 heavy (non-hydrogen) atoms. The molecule has 108 valence electrons. The monoisotopic (exact) mass is 291 g/mol. The number of nitrogens with zero attached hydrogens (tertiary/aromatic N) is 1. The van der Waals surface area contributed by atoms with Crippen LogP contribution in [-0.4, -0.2) is 12.6 Å². The van der Waals surface area contributed by atoms with Gasteiger partial charge in [0.2, 0.25) is 5.69 Å². The zero-order valence-electron chi connectivity index (χ0n) is 11.9. The first kappa shape index (κ1) is 13.8. The van der Waals surface area contributed by atoms with Crippen molar-refractivity contribution in [2.24, 2.45) is 0 Å². The molecular weight excluding hydrogens is 276 g/mol. The van der Waals surface area contributed by atoms with Gasteiger partial charge in [0.1, 0.15) is 12.3 Å². The Morgan fingerprint density at radius 1 is 0.955 bits per heavy atom. The number of hydrogen-bond donors (Lipinski definition) is 1. The van der Waals surface area contributed by atoms with E-state index in [9.17, 15) is 4.79 Å². The fourth-order valence-electron chi connectivity index (χ4n) is 2.16. The largest absolute Gasteiger partial charge is 0.413 e. The molecule has 3 rings (SSSR count). The van der Waals surface area contributed by atoms with Crippen LogP contribution in [0.4, 0.5) is 17.3 Å². The number of hydrogen-bond acceptors (Lipinski definition) is 2. The second-order valence-electron chi connectivity index (χ2n) is 4.72. The van der Waals surface area contributed by atoms with Crippen LogP contribution in [-0.2, 0) is 0 Å². The molecule has 0 bridgehead atoms. The van der Waals surface area contributed by atoms with E-state index in [0.717, 1.165) is 5.69 Å². The lowest BCUT2D eigenvalue weighted by Gasteiger charge is -2.07. The summed E-state index contributed by atoms with van der Waals surface area (Å²) in [6.45, 7) is 3.96. The van der Waals surface area contributed by atoms with Gasteiger partial charge in [-0.25, -0.2) is 0 Å². The summed E-state index contributed by atoms with van der Waals surface area (Å²) in [4.78, 5) is 12.5. The number of rotatable bonds is 4. The number of benzene rings is 2. The van der Waals surface area contributed by atoms with Crippen LogP contribution in [0, 0.1) is 0 Å². The highest BCUT2D eigenvalue weighted by atomic mass is 16.3. The number of carbonyl (C=O) groups excluding carboxylic acids is 1. The van der Waals surface area contributed by atoms with Gasteiger partial charge < -0.3 is 9.73 Å². The third-order valence-corrected chi connectivity index (χ3v) is 3.24. The van der Waals surface area contributed by atoms with Gasteiger partial charge in [0, 0.05) is 11.8 Å². The molecule has 1 amide bonds. The number of carbonyl (C=O) groups is 1. The summed E-state index contributed by atoms with van der Waals surface area (Å²) in [6.07, 6.45) is 1.57. The lowest BCUT2D eigenvalue weighted by molar-refractivity contribution is 0.102. The second kappa shape index (κ2) is 6.10. The van der Waals surface area contributed by atoms with Gasteiger partial charge in [-0.2, -0.15) is 0 Å². The minimum absolute atomic E-state index is 0.193. The summed E-state index contributed by atoms with van der Waals surface area (Å²) in [5.74, 6) is 0.377. The lowest BCUT2D eigenvalue weighted by atomic mass is 10.1. The van der Waals surface area contributed by atoms with Gasteiger partial charge in [0.05, 0.1) is 12.3 Å². The van der Waals surface area contributed by atoms with Gasteiger partial charge in [-0.1, -0.05) is 30.3 Å². The first-order valence-electron chi connectivity index (χ1n) is 6.85. The highest BCUT2D eigenvalue weighted by Crippen LogP contribution is 2.24. The van der Waals surface area contributed by atoms with Crippen LogP contribution < -0.4 is 9.89 Å². The third-order valence-electron chi connectivity index (χ3n) is 3.24. The maximum Gasteiger partial charge on any atom is 0.378 e. The lowest BCUT2D eigenvalue weighted by Crippen LogP contribution is -2.15. The Morgan fingerprint density at radius 3 is 2.41 bits per heavy atom. The fourth-order valence-corrected chi connectivity index (χ4v) is 2.16. The van der Waals surface area contributed by atoms with Gasteiger partial charge >= 0.3 is 5.88 Å². The van der Waals surface area contributed by atoms with Crippen molar-refractivity contribution >= 4 is 29.9 Å². The summed E-state index contributed by atoms with van der Waals surface area (Å²) in [7, 11) is 0. The minimum Gasteiger partial charge on any atom is -0.413 e. The molecule has 0 spiro atoms. The van der Waals surface area contributed by atoms with Gasteiger partial charge in [-0.15, -0.1) is 4.58 Å². The van der Waals surface area contributed by atoms with Gasteiger partial charge in [-0.05, 0) is 24.3 Å². The van der Waals surface area contributed by atoms with Crippen molar-refractivity contribution in [1.82, 2.24) is 4.58 Å². The molecule has 0 aliphatic rings. The van der Waals surface area contributed by atoms with Crippen LogP contribution in [0.1, 0.15) is 10.4 Å². The number of nitrogens with one attached hydrogen (secondary N) is 1. The van der Waals surface area contributed by atoms with Gasteiger partial charge in [0.25, 0.3) is 5.91 Å². The Labute approximate surface area is 128 Å². The molecule has 2 aromatic carbocycles. The van der Waals surface area contributed by atoms with Crippen LogP contribution in [0.25, 0.3) is 0 Å². The van der Waals surface area contributed by atoms with Crippen molar-refractivity contribution < 1.29 is 9.21 Å². The standard InChI is InChI=1S/C18H14N2O2/c1-20(17-12-7-13-22-17)16-11-6-5-10-15(16)18(21)19-14-8-3-2-4-9-14/h2-13H,1H2/p+1. The van der Waals surface area contributed by atoms with E-state index in [1.165, 1.54) is 0 Å². The molecular formula is C18H15N2O2+. The summed E-state index contributed by atoms with van der Waals surface area (Å²) in [6, 6.07) is 20.2. The average molecular weight is 291 g/mol. The topological polar surface area (TPSA) is 45.2 Å². The Balaban J connectivity index is 1.91. The summed E-state index contributed by atoms with van der Waals surface area (Å²) in [5.41, 5.74) is 1.94. The highest BCUT2D eigenvalue weighted by Gasteiger charge is 2.21. The van der Waals surface area contributed by atoms with Crippen LogP contribution >= 0.6 is 0 Å². The summed E-state index contributed by atoms with van der Waals surface area (Å²) >= 11 is 0. The quantitative estimate of drug-likeness (QED) is 0.582. The van der Waals surface area contributed by atoms with E-state index < -0.39 is 0 Å². The maximum atomic E-state index is 12.5. The SMILES string of the molecule is C=[N+](c1ccco1)c1ccccc1C(=O)Nc1ccccc1. The van der Waals surface area contributed by atoms with E-state index in [2.05, 4.69) is 12.0 Å². The van der Waals surface area contributed by atoms with E-state index in [-0.39, 0.29) is 5.91 Å². The average Bonchev–Trinajstić information content (AvgIpc) is 3.09. The Morgan fingerprint density at radius 2 is 1.68 bits per heavy atom. The van der Waals surface area contributed by atoms with Crippen LogP contribution in [0.5, 0.6) is 0 Å². The summed E-state index contributed by atoms with van der Waals surface area (Å²) < 4.78 is 6.93. The molecule has 0 aliphatic heterocycles. The molecule has 0 saturated heterocycles. The van der Waals surface area contributed by atoms with Gasteiger partial charge in [0.15, 0.2) is 0 Å². The Bertz CT molecular complexity index is 793. The van der Waals surface area contributed by atoms with E-state index in [4.69, 9.17) is 4.42 Å². The van der Waals surface area contributed by atoms with Crippen LogP contribution in [0.3, 0.4) is 0 Å². The number of furan rings is 1. The van der Waals surface area contributed by atoms with Gasteiger partial charge in [-0.3, -0.25) is 4.79 Å². The zero-order valence-corrected chi connectivity index (χ0v) is 11.9. The second-order valence-corrected chi connectivity index (χ2v) is 4.72. The molecule has 1 heterocycles. The molecule has 4 heteroatoms. The highest BCUT2D eigenvalue weighted by molar-refractivity contribution is 6.08. The molecule has 4 nitrogen and oxygen atoms in total. The van der Waals surface area contributed by atoms with Crippen molar-refractivity contribution in [3.63, 3.8) is 0 Å². The normalized spacial score (nSPS) is 10.2. The van der Waals surface area contributed by atoms with Crippen molar-refractivity contribution in [2.45, 2.75) is 0 Å². The molecule has 0 unspecified atom stereocenters. The molecule has 3 aromatic rings. The molecule has 0 fully saturated rings. The van der Waals surface area contributed by atoms with E-state index in [1.54, 1.807) is 29.0 Å². The molecule has 0 aliphatic carbocycles. The van der Waals surface area contributed by atoms with Crippen molar-refractivity contribution in [3.05, 3.63) is 78.6 Å². The first-order chi connectivity index (χ1) is 10.8. The maximum absolute atomic E-state index is 12.5. The molecule has 0 saturated carbocycles. The van der Waals surface area contributed by atoms with E-state index in [0.29, 0.717) is 17.1 Å². The minimum atomic E-state index is -0.193. The molecule has 1 N–H and O–H groups in total. The summed E-state index contributed by atoms with van der Waals surface area (Å²) in [5, 5.41) is 2.87. The Kier molecular flexibility index (Phi) is 3.83. The number of para-hydroxylation sites is 2. The fraction of sp³-hybridized carbons (Fsp3) is 0. The van der Waals surface area contributed by atoms with Crippen LogP contribution in [0.15, 0.2) is 77.4 Å². The van der Waals surface area contributed by atoms with Crippen molar-refractivity contribution in [2.75, 3.05) is 5.32 Å². The van der Waals surface area contributed by atoms with E-state index >= 15 is 0 Å². The molecule has 0 radical (unpaired) electrons. The predicted molar refractivity (Wildman–Crippen MR) is 88.1 cm³/mol. The first-order valence-corrected chi connectivity index (χ1v) is 6.85. The smallest absolute Gasteiger partial charge is 0.378 e. The predicted octanol–water partition coefficient (Wildman–Crippen LogP) is 4.07. The van der Waals surface area contributed by atoms with Crippen molar-refractivity contribution in [3.8, 4) is 0 Å². The molecule has 0 atom stereocenters. The third kappa shape index (κ3) is 2.81.